The molecule has 1 aromatic heterocycles. The molecule has 0 radical (unpaired) electrons. The number of ether oxygens (including phenoxy) is 2. The van der Waals surface area contributed by atoms with E-state index in [0.29, 0.717) is 29.0 Å². The number of aromatic amines is 1. The van der Waals surface area contributed by atoms with Crippen molar-refractivity contribution in [3.8, 4) is 28.8 Å². The molecule has 21 heavy (non-hydrogen) atoms. The summed E-state index contributed by atoms with van der Waals surface area (Å²) < 4.78 is 10.4. The normalized spacial score (nSPS) is 10.4. The Hall–Kier alpha value is -2.50. The lowest BCUT2D eigenvalue weighted by Crippen LogP contribution is -2.15. The molecule has 0 spiro atoms. The van der Waals surface area contributed by atoms with E-state index in [1.54, 1.807) is 25.3 Å². The first-order valence-corrected chi connectivity index (χ1v) is 6.65. The molecule has 0 aliphatic carbocycles. The molecule has 0 amide bonds. The van der Waals surface area contributed by atoms with E-state index in [1.807, 2.05) is 6.92 Å². The predicted octanol–water partition coefficient (Wildman–Crippen LogP) is 2.11. The fraction of sp³-hybridized carbons (Fsp3) is 0.333. The van der Waals surface area contributed by atoms with Gasteiger partial charge >= 0.3 is 0 Å². The summed E-state index contributed by atoms with van der Waals surface area (Å²) in [4.78, 5) is 18.8. The summed E-state index contributed by atoms with van der Waals surface area (Å²) in [7, 11) is 3.07. The molecule has 6 heteroatoms. The maximum atomic E-state index is 12.0. The summed E-state index contributed by atoms with van der Waals surface area (Å²) >= 11 is 0. The highest BCUT2D eigenvalue weighted by Crippen LogP contribution is 2.31. The van der Waals surface area contributed by atoms with Gasteiger partial charge in [-0.2, -0.15) is 4.98 Å². The Labute approximate surface area is 122 Å². The lowest BCUT2D eigenvalue weighted by atomic mass is 10.1. The maximum absolute atomic E-state index is 12.0. The van der Waals surface area contributed by atoms with Crippen LogP contribution in [0.2, 0.25) is 0 Å². The fourth-order valence-electron chi connectivity index (χ4n) is 2.08. The van der Waals surface area contributed by atoms with Gasteiger partial charge in [0.05, 0.1) is 25.3 Å². The molecule has 0 saturated carbocycles. The van der Waals surface area contributed by atoms with Crippen LogP contribution in [0.4, 0.5) is 0 Å². The molecule has 2 aromatic rings. The molecule has 0 aliphatic heterocycles. The summed E-state index contributed by atoms with van der Waals surface area (Å²) in [5, 5.41) is 9.93. The average Bonchev–Trinajstić information content (AvgIpc) is 2.50. The number of aromatic nitrogens is 2. The zero-order valence-electron chi connectivity index (χ0n) is 12.3. The van der Waals surface area contributed by atoms with Crippen molar-refractivity contribution in [2.45, 2.75) is 19.8 Å². The summed E-state index contributed by atoms with van der Waals surface area (Å²) in [6.07, 6.45) is 1.23. The van der Waals surface area contributed by atoms with E-state index in [2.05, 4.69) is 9.97 Å². The van der Waals surface area contributed by atoms with E-state index in [9.17, 15) is 9.90 Å². The molecule has 112 valence electrons. The molecule has 0 fully saturated rings. The van der Waals surface area contributed by atoms with E-state index in [-0.39, 0.29) is 17.3 Å². The van der Waals surface area contributed by atoms with Crippen molar-refractivity contribution in [2.75, 3.05) is 14.2 Å². The SMILES string of the molecule is CCCc1c(O)nc(-c2ccc(OC)cc2OC)[nH]c1=O. The van der Waals surface area contributed by atoms with Crippen LogP contribution in [0.15, 0.2) is 23.0 Å². The number of nitrogens with zero attached hydrogens (tertiary/aromatic N) is 1. The van der Waals surface area contributed by atoms with Gasteiger partial charge in [0.25, 0.3) is 5.56 Å². The summed E-state index contributed by atoms with van der Waals surface area (Å²) in [6.45, 7) is 1.93. The first-order chi connectivity index (χ1) is 10.1. The molecule has 2 N–H and O–H groups in total. The van der Waals surface area contributed by atoms with Gasteiger partial charge in [-0.25, -0.2) is 0 Å². The number of aromatic hydroxyl groups is 1. The lowest BCUT2D eigenvalue weighted by molar-refractivity contribution is 0.395. The van der Waals surface area contributed by atoms with E-state index in [4.69, 9.17) is 9.47 Å². The van der Waals surface area contributed by atoms with E-state index in [1.165, 1.54) is 7.11 Å². The molecular formula is C15H18N2O4. The Morgan fingerprint density at radius 3 is 2.62 bits per heavy atom. The molecular weight excluding hydrogens is 272 g/mol. The summed E-state index contributed by atoms with van der Waals surface area (Å²) in [5.74, 6) is 1.15. The Balaban J connectivity index is 2.55. The highest BCUT2D eigenvalue weighted by molar-refractivity contribution is 5.66. The molecule has 0 aliphatic rings. The number of methoxy groups -OCH3 is 2. The third kappa shape index (κ3) is 2.99. The molecule has 6 nitrogen and oxygen atoms in total. The Bertz CT molecular complexity index is 695. The fourth-order valence-corrected chi connectivity index (χ4v) is 2.08. The van der Waals surface area contributed by atoms with Crippen LogP contribution in [-0.2, 0) is 6.42 Å². The van der Waals surface area contributed by atoms with Crippen molar-refractivity contribution in [1.82, 2.24) is 9.97 Å². The van der Waals surface area contributed by atoms with Crippen LogP contribution < -0.4 is 15.0 Å². The zero-order valence-corrected chi connectivity index (χ0v) is 12.3. The Kier molecular flexibility index (Phi) is 4.47. The van der Waals surface area contributed by atoms with E-state index in [0.717, 1.165) is 6.42 Å². The molecule has 0 bridgehead atoms. The van der Waals surface area contributed by atoms with Crippen LogP contribution >= 0.6 is 0 Å². The zero-order chi connectivity index (χ0) is 15.4. The van der Waals surface area contributed by atoms with Gasteiger partial charge in [0, 0.05) is 6.07 Å². The third-order valence-corrected chi connectivity index (χ3v) is 3.16. The number of H-pyrrole nitrogens is 1. The lowest BCUT2D eigenvalue weighted by Gasteiger charge is -2.10. The van der Waals surface area contributed by atoms with Crippen molar-refractivity contribution in [2.24, 2.45) is 0 Å². The highest BCUT2D eigenvalue weighted by atomic mass is 16.5. The van der Waals surface area contributed by atoms with Gasteiger partial charge in [0.1, 0.15) is 17.3 Å². The van der Waals surface area contributed by atoms with Crippen molar-refractivity contribution >= 4 is 0 Å². The minimum absolute atomic E-state index is 0.242. The van der Waals surface area contributed by atoms with Crippen molar-refractivity contribution in [3.63, 3.8) is 0 Å². The Morgan fingerprint density at radius 2 is 2.05 bits per heavy atom. The van der Waals surface area contributed by atoms with Gasteiger partial charge in [-0.3, -0.25) is 4.79 Å². The van der Waals surface area contributed by atoms with E-state index >= 15 is 0 Å². The third-order valence-electron chi connectivity index (χ3n) is 3.16. The number of benzene rings is 1. The average molecular weight is 290 g/mol. The predicted molar refractivity (Wildman–Crippen MR) is 79.1 cm³/mol. The smallest absolute Gasteiger partial charge is 0.258 e. The van der Waals surface area contributed by atoms with Gasteiger partial charge < -0.3 is 19.6 Å². The van der Waals surface area contributed by atoms with Gasteiger partial charge in [-0.15, -0.1) is 0 Å². The Morgan fingerprint density at radius 1 is 1.29 bits per heavy atom. The van der Waals surface area contributed by atoms with Crippen LogP contribution in [0.5, 0.6) is 17.4 Å². The quantitative estimate of drug-likeness (QED) is 0.881. The first-order valence-electron chi connectivity index (χ1n) is 6.65. The summed E-state index contributed by atoms with van der Waals surface area (Å²) in [5.41, 5.74) is 0.541. The van der Waals surface area contributed by atoms with Crippen molar-refractivity contribution in [1.29, 1.82) is 0 Å². The minimum atomic E-state index is -0.336. The largest absolute Gasteiger partial charge is 0.497 e. The first kappa shape index (κ1) is 14.9. The standard InChI is InChI=1S/C15H18N2O4/c1-4-5-11-14(18)16-13(17-15(11)19)10-7-6-9(20-2)8-12(10)21-3/h6-8H,4-5H2,1-3H3,(H2,16,17,18,19). The van der Waals surface area contributed by atoms with Crippen LogP contribution in [0, 0.1) is 0 Å². The van der Waals surface area contributed by atoms with E-state index < -0.39 is 0 Å². The monoisotopic (exact) mass is 290 g/mol. The molecule has 0 saturated heterocycles. The number of nitrogens with one attached hydrogen (secondary N) is 1. The topological polar surface area (TPSA) is 84.4 Å². The highest BCUT2D eigenvalue weighted by Gasteiger charge is 2.14. The molecule has 0 atom stereocenters. The number of hydrogen-bond acceptors (Lipinski definition) is 5. The van der Waals surface area contributed by atoms with Gasteiger partial charge in [0.2, 0.25) is 5.88 Å². The van der Waals surface area contributed by atoms with Gasteiger partial charge in [0.15, 0.2) is 0 Å². The molecule has 2 rings (SSSR count). The van der Waals surface area contributed by atoms with Crippen LogP contribution in [0.1, 0.15) is 18.9 Å². The van der Waals surface area contributed by atoms with Crippen LogP contribution in [0.3, 0.4) is 0 Å². The van der Waals surface area contributed by atoms with Crippen molar-refractivity contribution in [3.05, 3.63) is 34.1 Å². The number of hydrogen-bond donors (Lipinski definition) is 2. The second-order valence-corrected chi connectivity index (χ2v) is 4.53. The molecule has 1 aromatic carbocycles. The van der Waals surface area contributed by atoms with Crippen LogP contribution in [-0.4, -0.2) is 29.3 Å². The van der Waals surface area contributed by atoms with Gasteiger partial charge in [-0.05, 0) is 18.6 Å². The molecule has 1 heterocycles. The number of rotatable bonds is 5. The van der Waals surface area contributed by atoms with Crippen LogP contribution in [0.25, 0.3) is 11.4 Å². The van der Waals surface area contributed by atoms with Crippen molar-refractivity contribution < 1.29 is 14.6 Å². The van der Waals surface area contributed by atoms with Gasteiger partial charge in [-0.1, -0.05) is 13.3 Å². The minimum Gasteiger partial charge on any atom is -0.497 e. The second kappa shape index (κ2) is 6.30. The summed E-state index contributed by atoms with van der Waals surface area (Å²) in [6, 6.07) is 5.13. The molecule has 0 unspecified atom stereocenters. The maximum Gasteiger partial charge on any atom is 0.258 e. The second-order valence-electron chi connectivity index (χ2n) is 4.53.